The molecule has 0 aliphatic carbocycles. The summed E-state index contributed by atoms with van der Waals surface area (Å²) in [4.78, 5) is 32.7. The second kappa shape index (κ2) is 7.50. The van der Waals surface area contributed by atoms with Crippen molar-refractivity contribution in [3.05, 3.63) is 82.5 Å². The highest BCUT2D eigenvalue weighted by atomic mass is 16.2. The highest BCUT2D eigenvalue weighted by Gasteiger charge is 2.30. The highest BCUT2D eigenvalue weighted by molar-refractivity contribution is 5.96. The van der Waals surface area contributed by atoms with Crippen LogP contribution in [0.3, 0.4) is 0 Å². The molecule has 0 radical (unpaired) electrons. The van der Waals surface area contributed by atoms with Gasteiger partial charge in [-0.1, -0.05) is 36.4 Å². The third kappa shape index (κ3) is 3.22. The zero-order valence-electron chi connectivity index (χ0n) is 17.5. The summed E-state index contributed by atoms with van der Waals surface area (Å²) in [6.07, 6.45) is 2.64. The Morgan fingerprint density at radius 3 is 2.65 bits per heavy atom. The topological polar surface area (TPSA) is 73.0 Å². The molecule has 1 aliphatic heterocycles. The van der Waals surface area contributed by atoms with Gasteiger partial charge in [-0.2, -0.15) is 5.10 Å². The van der Waals surface area contributed by atoms with Gasteiger partial charge in [0.1, 0.15) is 11.2 Å². The largest absolute Gasteiger partial charge is 0.309 e. The van der Waals surface area contributed by atoms with Crippen LogP contribution in [0.25, 0.3) is 16.7 Å². The second-order valence-electron chi connectivity index (χ2n) is 7.94. The normalized spacial score (nSPS) is 15.4. The molecule has 0 saturated carbocycles. The van der Waals surface area contributed by atoms with Crippen molar-refractivity contribution in [2.75, 3.05) is 4.90 Å². The van der Waals surface area contributed by atoms with Crippen molar-refractivity contribution < 1.29 is 4.79 Å². The highest BCUT2D eigenvalue weighted by Crippen LogP contribution is 2.32. The molecule has 0 bridgehead atoms. The van der Waals surface area contributed by atoms with Crippen molar-refractivity contribution in [3.8, 4) is 5.69 Å². The first kappa shape index (κ1) is 19.2. The first-order valence-electron chi connectivity index (χ1n) is 10.4. The summed E-state index contributed by atoms with van der Waals surface area (Å²) >= 11 is 0. The molecule has 1 amide bonds. The van der Waals surface area contributed by atoms with Crippen LogP contribution < -0.4 is 10.5 Å². The Balaban J connectivity index is 1.43. The number of hydrogen-bond donors (Lipinski definition) is 0. The summed E-state index contributed by atoms with van der Waals surface area (Å²) in [6.45, 7) is 4.14. The average molecular weight is 413 g/mol. The maximum absolute atomic E-state index is 13.1. The van der Waals surface area contributed by atoms with Gasteiger partial charge in [-0.15, -0.1) is 0 Å². The Labute approximate surface area is 179 Å². The maximum atomic E-state index is 13.1. The SMILES string of the molecule is Cc1nc2c(cnn2-c2ccccc2)c(=O)n1CCC(=O)N1c2ccccc2CC1C. The number of anilines is 1. The first-order chi connectivity index (χ1) is 15.0. The Bertz CT molecular complexity index is 1340. The van der Waals surface area contributed by atoms with Crippen LogP contribution in [0.1, 0.15) is 24.7 Å². The molecule has 1 unspecified atom stereocenters. The van der Waals surface area contributed by atoms with Crippen molar-refractivity contribution in [2.24, 2.45) is 0 Å². The molecule has 156 valence electrons. The summed E-state index contributed by atoms with van der Waals surface area (Å²) in [5.74, 6) is 0.585. The van der Waals surface area contributed by atoms with Gasteiger partial charge in [0.05, 0.1) is 11.9 Å². The molecule has 5 rings (SSSR count). The van der Waals surface area contributed by atoms with Crippen molar-refractivity contribution in [1.29, 1.82) is 0 Å². The molecule has 4 aromatic rings. The molecule has 0 spiro atoms. The van der Waals surface area contributed by atoms with Crippen molar-refractivity contribution in [2.45, 2.75) is 39.3 Å². The standard InChI is InChI=1S/C24H23N5O2/c1-16-14-18-8-6-7-11-21(18)28(16)22(30)12-13-27-17(2)26-23-20(24(27)31)15-25-29(23)19-9-4-3-5-10-19/h3-11,15-16H,12-14H2,1-2H3. The number of nitrogens with zero attached hydrogens (tertiary/aromatic N) is 5. The fourth-order valence-electron chi connectivity index (χ4n) is 4.40. The predicted molar refractivity (Wildman–Crippen MR) is 120 cm³/mol. The zero-order chi connectivity index (χ0) is 21.5. The van der Waals surface area contributed by atoms with Crippen molar-refractivity contribution >= 4 is 22.6 Å². The number of benzene rings is 2. The van der Waals surface area contributed by atoms with Gasteiger partial charge < -0.3 is 4.90 Å². The van der Waals surface area contributed by atoms with Gasteiger partial charge in [-0.05, 0) is 44.0 Å². The summed E-state index contributed by atoms with van der Waals surface area (Å²) in [6, 6.07) is 17.7. The molecule has 3 heterocycles. The van der Waals surface area contributed by atoms with E-state index < -0.39 is 0 Å². The Kier molecular flexibility index (Phi) is 4.66. The number of carbonyl (C=O) groups excluding carboxylic acids is 1. The number of fused-ring (bicyclic) bond motifs is 2. The number of para-hydroxylation sites is 2. The van der Waals surface area contributed by atoms with Crippen LogP contribution in [0.5, 0.6) is 0 Å². The number of amides is 1. The lowest BCUT2D eigenvalue weighted by atomic mass is 10.1. The van der Waals surface area contributed by atoms with Gasteiger partial charge in [0.25, 0.3) is 5.56 Å². The Morgan fingerprint density at radius 2 is 1.84 bits per heavy atom. The van der Waals surface area contributed by atoms with Gasteiger partial charge in [0.2, 0.25) is 5.91 Å². The van der Waals surface area contributed by atoms with E-state index in [0.717, 1.165) is 17.8 Å². The predicted octanol–water partition coefficient (Wildman–Crippen LogP) is 3.26. The van der Waals surface area contributed by atoms with E-state index in [9.17, 15) is 9.59 Å². The van der Waals surface area contributed by atoms with Crippen molar-refractivity contribution in [1.82, 2.24) is 19.3 Å². The molecule has 0 fully saturated rings. The van der Waals surface area contributed by atoms with Crippen LogP contribution in [0.4, 0.5) is 5.69 Å². The van der Waals surface area contributed by atoms with E-state index in [-0.39, 0.29) is 30.5 Å². The number of carbonyl (C=O) groups is 1. The molecule has 7 heteroatoms. The second-order valence-corrected chi connectivity index (χ2v) is 7.94. The summed E-state index contributed by atoms with van der Waals surface area (Å²) in [5, 5.41) is 4.81. The van der Waals surface area contributed by atoms with Gasteiger partial charge >= 0.3 is 0 Å². The summed E-state index contributed by atoms with van der Waals surface area (Å²) in [5.41, 5.74) is 3.36. The number of aryl methyl sites for hydroxylation is 1. The first-order valence-corrected chi connectivity index (χ1v) is 10.4. The number of aromatic nitrogens is 4. The minimum absolute atomic E-state index is 0.0174. The van der Waals surface area contributed by atoms with E-state index in [4.69, 9.17) is 0 Å². The van der Waals surface area contributed by atoms with Gasteiger partial charge in [-0.3, -0.25) is 14.2 Å². The smallest absolute Gasteiger partial charge is 0.264 e. The molecule has 7 nitrogen and oxygen atoms in total. The Morgan fingerprint density at radius 1 is 1.10 bits per heavy atom. The fraction of sp³-hybridized carbons (Fsp3) is 0.250. The molecular weight excluding hydrogens is 390 g/mol. The fourth-order valence-corrected chi connectivity index (χ4v) is 4.40. The lowest BCUT2D eigenvalue weighted by Gasteiger charge is -2.23. The van der Waals surface area contributed by atoms with Crippen LogP contribution in [0.15, 0.2) is 65.6 Å². The summed E-state index contributed by atoms with van der Waals surface area (Å²) < 4.78 is 3.24. The lowest BCUT2D eigenvalue weighted by molar-refractivity contribution is -0.119. The summed E-state index contributed by atoms with van der Waals surface area (Å²) in [7, 11) is 0. The van der Waals surface area contributed by atoms with E-state index in [2.05, 4.69) is 23.1 Å². The van der Waals surface area contributed by atoms with E-state index in [1.807, 2.05) is 53.4 Å². The molecule has 0 saturated heterocycles. The van der Waals surface area contributed by atoms with E-state index in [1.54, 1.807) is 22.4 Å². The molecule has 2 aromatic heterocycles. The minimum atomic E-state index is -0.174. The van der Waals surface area contributed by atoms with Gasteiger partial charge in [0.15, 0.2) is 5.65 Å². The lowest BCUT2D eigenvalue weighted by Crippen LogP contribution is -2.37. The van der Waals surface area contributed by atoms with E-state index >= 15 is 0 Å². The van der Waals surface area contributed by atoms with Crippen LogP contribution >= 0.6 is 0 Å². The van der Waals surface area contributed by atoms with E-state index in [0.29, 0.717) is 16.9 Å². The quantitative estimate of drug-likeness (QED) is 0.515. The Hall–Kier alpha value is -3.74. The molecule has 0 N–H and O–H groups in total. The molecule has 1 aliphatic rings. The number of hydrogen-bond acceptors (Lipinski definition) is 4. The monoisotopic (exact) mass is 413 g/mol. The van der Waals surface area contributed by atoms with Crippen molar-refractivity contribution in [3.63, 3.8) is 0 Å². The third-order valence-electron chi connectivity index (χ3n) is 5.90. The zero-order valence-corrected chi connectivity index (χ0v) is 17.5. The maximum Gasteiger partial charge on any atom is 0.264 e. The third-order valence-corrected chi connectivity index (χ3v) is 5.90. The van der Waals surface area contributed by atoms with Crippen LogP contribution in [0, 0.1) is 6.92 Å². The molecular formula is C24H23N5O2. The minimum Gasteiger partial charge on any atom is -0.309 e. The number of rotatable bonds is 4. The average Bonchev–Trinajstić information content (AvgIpc) is 3.34. The molecule has 31 heavy (non-hydrogen) atoms. The van der Waals surface area contributed by atoms with Gasteiger partial charge in [0, 0.05) is 24.7 Å². The van der Waals surface area contributed by atoms with Crippen LogP contribution in [-0.4, -0.2) is 31.3 Å². The van der Waals surface area contributed by atoms with Crippen LogP contribution in [0.2, 0.25) is 0 Å². The molecule has 2 aromatic carbocycles. The van der Waals surface area contributed by atoms with E-state index in [1.165, 1.54) is 5.56 Å². The van der Waals surface area contributed by atoms with Gasteiger partial charge in [-0.25, -0.2) is 9.67 Å². The molecule has 1 atom stereocenters. The van der Waals surface area contributed by atoms with Crippen LogP contribution in [-0.2, 0) is 17.8 Å².